The highest BCUT2D eigenvalue weighted by molar-refractivity contribution is 6.02. The molecular formula is C13H15N3O2. The van der Waals surface area contributed by atoms with Crippen LogP contribution in [-0.4, -0.2) is 22.3 Å². The van der Waals surface area contributed by atoms with Crippen LogP contribution in [0.15, 0.2) is 18.2 Å². The van der Waals surface area contributed by atoms with E-state index >= 15 is 0 Å². The number of hydrogen-bond donors (Lipinski definition) is 2. The van der Waals surface area contributed by atoms with Crippen LogP contribution >= 0.6 is 0 Å². The fraction of sp³-hybridized carbons (Fsp3) is 0.385. The summed E-state index contributed by atoms with van der Waals surface area (Å²) in [6.45, 7) is 0. The Labute approximate surface area is 104 Å². The van der Waals surface area contributed by atoms with Crippen molar-refractivity contribution in [2.24, 2.45) is 0 Å². The van der Waals surface area contributed by atoms with E-state index in [4.69, 9.17) is 10.5 Å². The third-order valence-electron chi connectivity index (χ3n) is 3.36. The van der Waals surface area contributed by atoms with Gasteiger partial charge < -0.3 is 10.5 Å². The van der Waals surface area contributed by atoms with Gasteiger partial charge in [-0.1, -0.05) is 0 Å². The number of nitrogens with zero attached hydrogens (tertiary/aromatic N) is 1. The lowest BCUT2D eigenvalue weighted by Crippen LogP contribution is -2.15. The van der Waals surface area contributed by atoms with Crippen LogP contribution < -0.4 is 5.73 Å². The molecule has 1 heterocycles. The molecule has 3 N–H and O–H groups in total. The summed E-state index contributed by atoms with van der Waals surface area (Å²) in [6, 6.07) is 5.32. The predicted molar refractivity (Wildman–Crippen MR) is 68.2 cm³/mol. The highest BCUT2D eigenvalue weighted by Crippen LogP contribution is 2.24. The van der Waals surface area contributed by atoms with Gasteiger partial charge in [0.15, 0.2) is 5.69 Å². The molecule has 0 atom stereocenters. The smallest absolute Gasteiger partial charge is 0.359 e. The van der Waals surface area contributed by atoms with Crippen LogP contribution in [0.4, 0.5) is 5.69 Å². The van der Waals surface area contributed by atoms with Crippen molar-refractivity contribution in [2.45, 2.75) is 31.8 Å². The number of carbonyl (C=O) groups is 1. The maximum Gasteiger partial charge on any atom is 0.359 e. The molecule has 1 aromatic carbocycles. The van der Waals surface area contributed by atoms with E-state index < -0.39 is 0 Å². The zero-order chi connectivity index (χ0) is 12.5. The first kappa shape index (κ1) is 11.1. The predicted octanol–water partition coefficient (Wildman–Crippen LogP) is 2.24. The Morgan fingerprint density at radius 1 is 1.39 bits per heavy atom. The van der Waals surface area contributed by atoms with Crippen LogP contribution in [0, 0.1) is 0 Å². The lowest BCUT2D eigenvalue weighted by molar-refractivity contribution is 0.0313. The summed E-state index contributed by atoms with van der Waals surface area (Å²) in [6.07, 6.45) is 4.22. The first-order chi connectivity index (χ1) is 8.74. The first-order valence-corrected chi connectivity index (χ1v) is 6.18. The van der Waals surface area contributed by atoms with E-state index in [1.165, 1.54) is 0 Å². The summed E-state index contributed by atoms with van der Waals surface area (Å²) in [5.74, 6) is -0.362. The largest absolute Gasteiger partial charge is 0.458 e. The number of carbonyl (C=O) groups excluding carboxylic acids is 1. The van der Waals surface area contributed by atoms with Crippen molar-refractivity contribution in [1.82, 2.24) is 10.2 Å². The maximum atomic E-state index is 12.0. The minimum absolute atomic E-state index is 0.0466. The molecule has 5 nitrogen and oxygen atoms in total. The van der Waals surface area contributed by atoms with Crippen molar-refractivity contribution in [3.8, 4) is 0 Å². The average molecular weight is 245 g/mol. The number of fused-ring (bicyclic) bond motifs is 1. The summed E-state index contributed by atoms with van der Waals surface area (Å²) in [7, 11) is 0. The van der Waals surface area contributed by atoms with E-state index in [0.29, 0.717) is 11.4 Å². The number of aromatic amines is 1. The van der Waals surface area contributed by atoms with E-state index in [-0.39, 0.29) is 12.1 Å². The van der Waals surface area contributed by atoms with Crippen LogP contribution in [0.2, 0.25) is 0 Å². The summed E-state index contributed by atoms with van der Waals surface area (Å²) < 4.78 is 5.44. The fourth-order valence-electron chi connectivity index (χ4n) is 2.40. The number of nitrogen functional groups attached to an aromatic ring is 1. The highest BCUT2D eigenvalue weighted by Gasteiger charge is 2.23. The van der Waals surface area contributed by atoms with Gasteiger partial charge in [-0.3, -0.25) is 5.10 Å². The highest BCUT2D eigenvalue weighted by atomic mass is 16.5. The minimum atomic E-state index is -0.362. The van der Waals surface area contributed by atoms with Gasteiger partial charge in [-0.05, 0) is 43.9 Å². The number of nitrogens with two attached hydrogens (primary N) is 1. The van der Waals surface area contributed by atoms with Gasteiger partial charge in [0.2, 0.25) is 0 Å². The lowest BCUT2D eigenvalue weighted by Gasteiger charge is -2.09. The number of anilines is 1. The number of hydrogen-bond acceptors (Lipinski definition) is 4. The molecule has 0 aliphatic heterocycles. The second-order valence-corrected chi connectivity index (χ2v) is 4.69. The van der Waals surface area contributed by atoms with Crippen LogP contribution in [0.3, 0.4) is 0 Å². The van der Waals surface area contributed by atoms with Crippen LogP contribution in [-0.2, 0) is 4.74 Å². The third-order valence-corrected chi connectivity index (χ3v) is 3.36. The zero-order valence-corrected chi connectivity index (χ0v) is 9.98. The SMILES string of the molecule is Nc1ccc2[nH]nc(C(=O)OC3CCCC3)c2c1. The van der Waals surface area contributed by atoms with Crippen LogP contribution in [0.1, 0.15) is 36.2 Å². The van der Waals surface area contributed by atoms with E-state index in [2.05, 4.69) is 10.2 Å². The molecule has 1 aliphatic carbocycles. The molecule has 0 bridgehead atoms. The molecular weight excluding hydrogens is 230 g/mol. The fourth-order valence-corrected chi connectivity index (χ4v) is 2.40. The molecule has 2 aromatic rings. The topological polar surface area (TPSA) is 81.0 Å². The molecule has 1 aliphatic rings. The minimum Gasteiger partial charge on any atom is -0.458 e. The second kappa shape index (κ2) is 4.33. The van der Waals surface area contributed by atoms with E-state index in [9.17, 15) is 4.79 Å². The van der Waals surface area contributed by atoms with Crippen molar-refractivity contribution in [2.75, 3.05) is 5.73 Å². The number of nitrogens with one attached hydrogen (secondary N) is 1. The zero-order valence-electron chi connectivity index (χ0n) is 9.98. The van der Waals surface area contributed by atoms with Crippen molar-refractivity contribution in [1.29, 1.82) is 0 Å². The average Bonchev–Trinajstić information content (AvgIpc) is 2.97. The Balaban J connectivity index is 1.88. The standard InChI is InChI=1S/C13H15N3O2/c14-8-5-6-11-10(7-8)12(16-15-11)13(17)18-9-3-1-2-4-9/h5-7,9H,1-4,14H2,(H,15,16). The quantitative estimate of drug-likeness (QED) is 0.628. The van der Waals surface area contributed by atoms with Crippen molar-refractivity contribution in [3.63, 3.8) is 0 Å². The van der Waals surface area contributed by atoms with Gasteiger partial charge >= 0.3 is 5.97 Å². The van der Waals surface area contributed by atoms with E-state index in [1.807, 2.05) is 6.07 Å². The number of ether oxygens (including phenoxy) is 1. The summed E-state index contributed by atoms with van der Waals surface area (Å²) in [4.78, 5) is 12.0. The van der Waals surface area contributed by atoms with Crippen molar-refractivity contribution >= 4 is 22.6 Å². The van der Waals surface area contributed by atoms with Gasteiger partial charge in [-0.2, -0.15) is 5.10 Å². The third kappa shape index (κ3) is 1.92. The van der Waals surface area contributed by atoms with E-state index in [1.54, 1.807) is 12.1 Å². The van der Waals surface area contributed by atoms with Gasteiger partial charge in [0.05, 0.1) is 5.52 Å². The summed E-state index contributed by atoms with van der Waals surface area (Å²) >= 11 is 0. The lowest BCUT2D eigenvalue weighted by atomic mass is 10.2. The summed E-state index contributed by atoms with van der Waals surface area (Å²) in [5, 5.41) is 7.56. The molecule has 3 rings (SSSR count). The Morgan fingerprint density at radius 2 is 2.17 bits per heavy atom. The van der Waals surface area contributed by atoms with Crippen LogP contribution in [0.5, 0.6) is 0 Å². The Hall–Kier alpha value is -2.04. The van der Waals surface area contributed by atoms with Crippen LogP contribution in [0.25, 0.3) is 10.9 Å². The molecule has 0 radical (unpaired) electrons. The molecule has 0 amide bonds. The molecule has 0 spiro atoms. The first-order valence-electron chi connectivity index (χ1n) is 6.18. The Kier molecular flexibility index (Phi) is 2.66. The second-order valence-electron chi connectivity index (χ2n) is 4.69. The molecule has 1 fully saturated rings. The van der Waals surface area contributed by atoms with Gasteiger partial charge in [-0.15, -0.1) is 0 Å². The number of rotatable bonds is 2. The number of aromatic nitrogens is 2. The van der Waals surface area contributed by atoms with Gasteiger partial charge in [0.1, 0.15) is 6.10 Å². The molecule has 0 saturated heterocycles. The van der Waals surface area contributed by atoms with Gasteiger partial charge in [0, 0.05) is 11.1 Å². The normalized spacial score (nSPS) is 16.2. The van der Waals surface area contributed by atoms with Gasteiger partial charge in [-0.25, -0.2) is 4.79 Å². The molecule has 1 aromatic heterocycles. The van der Waals surface area contributed by atoms with Gasteiger partial charge in [0.25, 0.3) is 0 Å². The molecule has 0 unspecified atom stereocenters. The molecule has 1 saturated carbocycles. The number of benzene rings is 1. The molecule has 5 heteroatoms. The number of H-pyrrole nitrogens is 1. The molecule has 94 valence electrons. The monoisotopic (exact) mass is 245 g/mol. The van der Waals surface area contributed by atoms with Crippen molar-refractivity contribution < 1.29 is 9.53 Å². The Bertz CT molecular complexity index is 585. The van der Waals surface area contributed by atoms with E-state index in [0.717, 1.165) is 36.6 Å². The summed E-state index contributed by atoms with van der Waals surface area (Å²) in [5.41, 5.74) is 7.45. The van der Waals surface area contributed by atoms with Crippen molar-refractivity contribution in [3.05, 3.63) is 23.9 Å². The maximum absolute atomic E-state index is 12.0. The Morgan fingerprint density at radius 3 is 2.94 bits per heavy atom. The number of esters is 1. The molecule has 18 heavy (non-hydrogen) atoms.